The lowest BCUT2D eigenvalue weighted by Gasteiger charge is -2.36. The van der Waals surface area contributed by atoms with Gasteiger partial charge in [0.1, 0.15) is 5.75 Å². The largest absolute Gasteiger partial charge is 0.378 e. The van der Waals surface area contributed by atoms with Crippen LogP contribution in [0.2, 0.25) is 0 Å². The maximum absolute atomic E-state index is 13.6. The van der Waals surface area contributed by atoms with Crippen LogP contribution in [-0.4, -0.2) is 48.5 Å². The number of ether oxygens (including phenoxy) is 1. The Morgan fingerprint density at radius 2 is 1.88 bits per heavy atom. The molecule has 1 aliphatic heterocycles. The lowest BCUT2D eigenvalue weighted by atomic mass is 9.91. The number of rotatable bonds is 7. The highest BCUT2D eigenvalue weighted by Crippen LogP contribution is 2.36. The van der Waals surface area contributed by atoms with Gasteiger partial charge in [0.25, 0.3) is 0 Å². The molecular weight excluding hydrogens is 438 g/mol. The molecule has 2 aromatic rings. The third-order valence-electron chi connectivity index (χ3n) is 7.35. The Labute approximate surface area is 196 Å². The van der Waals surface area contributed by atoms with Crippen LogP contribution in [0.15, 0.2) is 18.5 Å². The number of carbonyl (C=O) groups excluding carboxylic acids is 1. The number of nitrogens with zero attached hydrogens (tertiary/aromatic N) is 3. The summed E-state index contributed by atoms with van der Waals surface area (Å²) in [6.45, 7) is 2.47. The summed E-state index contributed by atoms with van der Waals surface area (Å²) < 4.78 is 36.0. The molecular formula is C25H33N3O4S. The minimum Gasteiger partial charge on any atom is -0.378 e. The van der Waals surface area contributed by atoms with Crippen LogP contribution in [0.4, 0.5) is 5.69 Å². The Morgan fingerprint density at radius 1 is 1.18 bits per heavy atom. The number of aromatic nitrogens is 2. The van der Waals surface area contributed by atoms with Crippen molar-refractivity contribution in [3.8, 4) is 0 Å². The van der Waals surface area contributed by atoms with Crippen LogP contribution in [-0.2, 0) is 58.7 Å². The average Bonchev–Trinajstić information content (AvgIpc) is 3.48. The lowest BCUT2D eigenvalue weighted by molar-refractivity contribution is -0.116. The summed E-state index contributed by atoms with van der Waals surface area (Å²) in [7, 11) is -2.09. The predicted molar refractivity (Wildman–Crippen MR) is 127 cm³/mol. The topological polar surface area (TPSA) is 81.5 Å². The number of Topliss-reactive ketones (excluding diaryl/α,β-unsaturated/α-hetero) is 1. The van der Waals surface area contributed by atoms with Gasteiger partial charge in [-0.15, -0.1) is 0 Å². The summed E-state index contributed by atoms with van der Waals surface area (Å²) in [5, 5.41) is 4.18. The van der Waals surface area contributed by atoms with Crippen molar-refractivity contribution in [3.05, 3.63) is 46.3 Å². The fraction of sp³-hybridized carbons (Fsp3) is 0.600. The predicted octanol–water partition coefficient (Wildman–Crippen LogP) is 2.91. The summed E-state index contributed by atoms with van der Waals surface area (Å²) in [6, 6.07) is 2.10. The molecule has 1 aromatic heterocycles. The molecule has 0 amide bonds. The minimum atomic E-state index is -3.86. The average molecular weight is 472 g/mol. The van der Waals surface area contributed by atoms with Crippen molar-refractivity contribution in [2.75, 3.05) is 16.7 Å². The van der Waals surface area contributed by atoms with Crippen LogP contribution in [0.3, 0.4) is 0 Å². The zero-order chi connectivity index (χ0) is 23.2. The van der Waals surface area contributed by atoms with E-state index in [1.54, 1.807) is 24.1 Å². The van der Waals surface area contributed by atoms with E-state index in [9.17, 15) is 13.2 Å². The highest BCUT2D eigenvalue weighted by atomic mass is 32.2. The van der Waals surface area contributed by atoms with Crippen LogP contribution in [0.1, 0.15) is 60.4 Å². The van der Waals surface area contributed by atoms with E-state index in [2.05, 4.69) is 11.2 Å². The van der Waals surface area contributed by atoms with Gasteiger partial charge in [-0.25, -0.2) is 8.42 Å². The Balaban J connectivity index is 1.41. The molecule has 5 rings (SSSR count). The van der Waals surface area contributed by atoms with Gasteiger partial charge in [0.2, 0.25) is 10.0 Å². The zero-order valence-electron chi connectivity index (χ0n) is 19.5. The summed E-state index contributed by atoms with van der Waals surface area (Å²) in [5.74, 6) is -0.704. The Morgan fingerprint density at radius 3 is 2.48 bits per heavy atom. The van der Waals surface area contributed by atoms with E-state index < -0.39 is 15.8 Å². The second kappa shape index (κ2) is 8.87. The van der Waals surface area contributed by atoms with Crippen molar-refractivity contribution in [2.24, 2.45) is 7.05 Å². The number of aryl methyl sites for hydroxylation is 3. The van der Waals surface area contributed by atoms with Gasteiger partial charge in [-0.1, -0.05) is 6.07 Å². The molecule has 0 saturated carbocycles. The first-order valence-corrected chi connectivity index (χ1v) is 13.7. The fourth-order valence-electron chi connectivity index (χ4n) is 5.98. The quantitative estimate of drug-likeness (QED) is 0.620. The molecule has 8 heteroatoms. The van der Waals surface area contributed by atoms with Gasteiger partial charge in [0, 0.05) is 32.3 Å². The molecule has 2 aliphatic carbocycles. The molecule has 1 fully saturated rings. The first kappa shape index (κ1) is 22.6. The molecule has 0 radical (unpaired) electrons. The van der Waals surface area contributed by atoms with Crippen molar-refractivity contribution in [3.63, 3.8) is 0 Å². The molecule has 1 saturated heterocycles. The molecule has 0 spiro atoms. The first-order chi connectivity index (χ1) is 15.8. The summed E-state index contributed by atoms with van der Waals surface area (Å²) >= 11 is 0. The van der Waals surface area contributed by atoms with Gasteiger partial charge < -0.3 is 4.74 Å². The smallest absolute Gasteiger partial charge is 0.242 e. The molecule has 0 N–H and O–H groups in total. The Kier molecular flexibility index (Phi) is 6.07. The van der Waals surface area contributed by atoms with Crippen LogP contribution in [0.5, 0.6) is 0 Å². The highest BCUT2D eigenvalue weighted by molar-refractivity contribution is 7.93. The molecule has 2 atom stereocenters. The number of carbonyl (C=O) groups is 1. The van der Waals surface area contributed by atoms with Gasteiger partial charge in [-0.3, -0.25) is 13.8 Å². The van der Waals surface area contributed by atoms with Crippen molar-refractivity contribution in [1.82, 2.24) is 9.78 Å². The molecule has 7 nitrogen and oxygen atoms in total. The summed E-state index contributed by atoms with van der Waals surface area (Å²) in [4.78, 5) is 13.3. The van der Waals surface area contributed by atoms with Crippen LogP contribution in [0, 0.1) is 0 Å². The lowest BCUT2D eigenvalue weighted by Crippen LogP contribution is -2.47. The van der Waals surface area contributed by atoms with E-state index in [4.69, 9.17) is 4.74 Å². The minimum absolute atomic E-state index is 0.0247. The molecule has 33 heavy (non-hydrogen) atoms. The highest BCUT2D eigenvalue weighted by Gasteiger charge is 2.36. The second-order valence-corrected chi connectivity index (χ2v) is 11.7. The van der Waals surface area contributed by atoms with E-state index in [1.807, 2.05) is 6.92 Å². The number of hydrogen-bond donors (Lipinski definition) is 0. The van der Waals surface area contributed by atoms with E-state index in [-0.39, 0.29) is 24.3 Å². The molecule has 0 bridgehead atoms. The van der Waals surface area contributed by atoms with Gasteiger partial charge >= 0.3 is 0 Å². The fourth-order valence-corrected chi connectivity index (χ4v) is 7.69. The van der Waals surface area contributed by atoms with E-state index in [0.29, 0.717) is 25.1 Å². The number of fused-ring (bicyclic) bond motifs is 2. The number of sulfonamides is 1. The van der Waals surface area contributed by atoms with Crippen molar-refractivity contribution in [1.29, 1.82) is 0 Å². The second-order valence-electron chi connectivity index (χ2n) is 9.84. The standard InChI is InChI=1S/C25H33N3O4S/c1-17-11-20(9-10-32-17)28(21-14-26-27(2)15-21)33(30,31)16-22(29)13-25-23-7-3-5-18(23)12-19-6-4-8-24(19)25/h12,14-15,17,20H,3-11,13,16H2,1-2H3/t17-,20?/m0/s1. The van der Waals surface area contributed by atoms with Gasteiger partial charge in [0.05, 0.1) is 18.0 Å². The normalized spacial score (nSPS) is 22.2. The molecule has 1 aromatic carbocycles. The maximum atomic E-state index is 13.6. The molecule has 178 valence electrons. The van der Waals surface area contributed by atoms with Crippen LogP contribution < -0.4 is 4.31 Å². The summed E-state index contributed by atoms with van der Waals surface area (Å²) in [5.41, 5.74) is 7.01. The Hall–Kier alpha value is -2.19. The molecule has 2 heterocycles. The third kappa shape index (κ3) is 4.47. The summed E-state index contributed by atoms with van der Waals surface area (Å²) in [6.07, 6.45) is 11.0. The monoisotopic (exact) mass is 471 g/mol. The van der Waals surface area contributed by atoms with Crippen molar-refractivity contribution < 1.29 is 17.9 Å². The van der Waals surface area contributed by atoms with E-state index >= 15 is 0 Å². The van der Waals surface area contributed by atoms with Gasteiger partial charge in [-0.2, -0.15) is 5.10 Å². The van der Waals surface area contributed by atoms with E-state index in [0.717, 1.165) is 44.1 Å². The van der Waals surface area contributed by atoms with Crippen LogP contribution in [0.25, 0.3) is 0 Å². The number of anilines is 1. The first-order valence-electron chi connectivity index (χ1n) is 12.1. The van der Waals surface area contributed by atoms with Gasteiger partial charge in [-0.05, 0) is 86.1 Å². The van der Waals surface area contributed by atoms with E-state index in [1.165, 1.54) is 26.6 Å². The number of ketones is 1. The molecule has 3 aliphatic rings. The zero-order valence-corrected chi connectivity index (χ0v) is 20.4. The third-order valence-corrected chi connectivity index (χ3v) is 9.14. The maximum Gasteiger partial charge on any atom is 0.242 e. The number of hydrogen-bond acceptors (Lipinski definition) is 5. The molecule has 1 unspecified atom stereocenters. The number of benzene rings is 1. The SMILES string of the molecule is C[C@H]1CC(N(c2cnn(C)c2)S(=O)(=O)CC(=O)Cc2c3c(cc4c2CCC4)CCC3)CCO1. The Bertz CT molecular complexity index is 1140. The van der Waals surface area contributed by atoms with Crippen molar-refractivity contribution >= 4 is 21.5 Å². The van der Waals surface area contributed by atoms with Crippen LogP contribution >= 0.6 is 0 Å². The van der Waals surface area contributed by atoms with Crippen molar-refractivity contribution in [2.45, 2.75) is 76.9 Å². The van der Waals surface area contributed by atoms with Gasteiger partial charge in [0.15, 0.2) is 5.78 Å².